The summed E-state index contributed by atoms with van der Waals surface area (Å²) in [6, 6.07) is 5.82. The molecule has 1 aliphatic heterocycles. The van der Waals surface area contributed by atoms with E-state index in [0.29, 0.717) is 10.9 Å². The first-order valence-electron chi connectivity index (χ1n) is 6.54. The van der Waals surface area contributed by atoms with E-state index < -0.39 is 0 Å². The quantitative estimate of drug-likeness (QED) is 0.871. The molecule has 0 unspecified atom stereocenters. The highest BCUT2D eigenvalue weighted by Crippen LogP contribution is 2.32. The van der Waals surface area contributed by atoms with E-state index in [-0.39, 0.29) is 5.91 Å². The number of fused-ring (bicyclic) bond motifs is 1. The van der Waals surface area contributed by atoms with Gasteiger partial charge in [-0.05, 0) is 31.0 Å². The molecule has 0 spiro atoms. The van der Waals surface area contributed by atoms with Gasteiger partial charge < -0.3 is 4.90 Å². The van der Waals surface area contributed by atoms with Crippen LogP contribution in [0.4, 0.5) is 0 Å². The Morgan fingerprint density at radius 2 is 2.16 bits per heavy atom. The van der Waals surface area contributed by atoms with Gasteiger partial charge in [0.2, 0.25) is 5.91 Å². The minimum absolute atomic E-state index is 0.164. The Morgan fingerprint density at radius 1 is 1.42 bits per heavy atom. The van der Waals surface area contributed by atoms with E-state index in [1.165, 1.54) is 0 Å². The molecule has 1 fully saturated rings. The first-order chi connectivity index (χ1) is 9.15. The number of piperidine rings is 1. The predicted molar refractivity (Wildman–Crippen MR) is 75.3 cm³/mol. The number of carbonyl (C=O) groups excluding carboxylic acids is 1. The molecule has 0 atom stereocenters. The standard InChI is InChI=1S/C14H16ClN3O/c1-9(19)18-6-4-10(5-7-18)14-12-3-2-11(15)8-13(12)16-17-14/h2-3,8,10H,4-7H2,1H3,(H,16,17). The van der Waals surface area contributed by atoms with E-state index in [9.17, 15) is 4.79 Å². The lowest BCUT2D eigenvalue weighted by Crippen LogP contribution is -2.36. The van der Waals surface area contributed by atoms with Gasteiger partial charge in [-0.25, -0.2) is 0 Å². The summed E-state index contributed by atoms with van der Waals surface area (Å²) in [6.45, 7) is 3.27. The molecule has 1 aromatic heterocycles. The van der Waals surface area contributed by atoms with Gasteiger partial charge in [0.05, 0.1) is 11.2 Å². The highest BCUT2D eigenvalue weighted by molar-refractivity contribution is 6.31. The highest BCUT2D eigenvalue weighted by atomic mass is 35.5. The Balaban J connectivity index is 1.84. The number of carbonyl (C=O) groups is 1. The van der Waals surface area contributed by atoms with E-state index >= 15 is 0 Å². The summed E-state index contributed by atoms with van der Waals surface area (Å²) in [6.07, 6.45) is 1.95. The van der Waals surface area contributed by atoms with Gasteiger partial charge in [0, 0.05) is 36.3 Å². The second-order valence-electron chi connectivity index (χ2n) is 5.08. The van der Waals surface area contributed by atoms with Crippen molar-refractivity contribution in [1.82, 2.24) is 15.1 Å². The molecule has 100 valence electrons. The van der Waals surface area contributed by atoms with E-state index in [2.05, 4.69) is 10.2 Å². The van der Waals surface area contributed by atoms with Crippen LogP contribution < -0.4 is 0 Å². The van der Waals surface area contributed by atoms with Crippen molar-refractivity contribution in [2.75, 3.05) is 13.1 Å². The molecule has 1 saturated heterocycles. The second-order valence-corrected chi connectivity index (χ2v) is 5.52. The van der Waals surface area contributed by atoms with Crippen LogP contribution in [0, 0.1) is 0 Å². The highest BCUT2D eigenvalue weighted by Gasteiger charge is 2.24. The van der Waals surface area contributed by atoms with Crippen LogP contribution in [-0.2, 0) is 4.79 Å². The van der Waals surface area contributed by atoms with Crippen molar-refractivity contribution in [1.29, 1.82) is 0 Å². The molecule has 5 heteroatoms. The van der Waals surface area contributed by atoms with Gasteiger partial charge in [-0.2, -0.15) is 5.10 Å². The lowest BCUT2D eigenvalue weighted by molar-refractivity contribution is -0.129. The number of H-pyrrole nitrogens is 1. The van der Waals surface area contributed by atoms with Crippen molar-refractivity contribution >= 4 is 28.4 Å². The fourth-order valence-electron chi connectivity index (χ4n) is 2.79. The summed E-state index contributed by atoms with van der Waals surface area (Å²) in [5.74, 6) is 0.586. The second kappa shape index (κ2) is 4.85. The Labute approximate surface area is 116 Å². The molecular formula is C14H16ClN3O. The summed E-state index contributed by atoms with van der Waals surface area (Å²) in [4.78, 5) is 13.2. The summed E-state index contributed by atoms with van der Waals surface area (Å²) in [7, 11) is 0. The number of rotatable bonds is 1. The van der Waals surface area contributed by atoms with Gasteiger partial charge in [-0.3, -0.25) is 9.89 Å². The fourth-order valence-corrected chi connectivity index (χ4v) is 2.96. The molecule has 19 heavy (non-hydrogen) atoms. The zero-order chi connectivity index (χ0) is 13.4. The lowest BCUT2D eigenvalue weighted by atomic mass is 9.91. The van der Waals surface area contributed by atoms with Crippen LogP contribution in [0.2, 0.25) is 5.02 Å². The average molecular weight is 278 g/mol. The van der Waals surface area contributed by atoms with E-state index in [4.69, 9.17) is 11.6 Å². The molecule has 0 bridgehead atoms. The molecular weight excluding hydrogens is 262 g/mol. The number of aromatic amines is 1. The Hall–Kier alpha value is -1.55. The number of nitrogens with zero attached hydrogens (tertiary/aromatic N) is 2. The molecule has 0 aliphatic carbocycles. The molecule has 2 heterocycles. The van der Waals surface area contributed by atoms with E-state index in [1.54, 1.807) is 6.92 Å². The number of hydrogen-bond donors (Lipinski definition) is 1. The van der Waals surface area contributed by atoms with Crippen molar-refractivity contribution < 1.29 is 4.79 Å². The SMILES string of the molecule is CC(=O)N1CCC(c2n[nH]c3cc(Cl)ccc23)CC1. The minimum Gasteiger partial charge on any atom is -0.343 e. The topological polar surface area (TPSA) is 49.0 Å². The van der Waals surface area contributed by atoms with Crippen LogP contribution in [0.25, 0.3) is 10.9 Å². The van der Waals surface area contributed by atoms with Gasteiger partial charge in [0.1, 0.15) is 0 Å². The Morgan fingerprint density at radius 3 is 2.84 bits per heavy atom. The number of nitrogens with one attached hydrogen (secondary N) is 1. The number of hydrogen-bond acceptors (Lipinski definition) is 2. The molecule has 0 radical (unpaired) electrons. The van der Waals surface area contributed by atoms with Crippen LogP contribution in [0.1, 0.15) is 31.4 Å². The summed E-state index contributed by atoms with van der Waals surface area (Å²) < 4.78 is 0. The van der Waals surface area contributed by atoms with Crippen LogP contribution >= 0.6 is 11.6 Å². The molecule has 1 aromatic carbocycles. The summed E-state index contributed by atoms with van der Waals surface area (Å²) in [5.41, 5.74) is 2.09. The molecule has 1 amide bonds. The van der Waals surface area contributed by atoms with Crippen molar-refractivity contribution in [2.24, 2.45) is 0 Å². The van der Waals surface area contributed by atoms with Crippen LogP contribution in [0.3, 0.4) is 0 Å². The largest absolute Gasteiger partial charge is 0.343 e. The molecule has 3 rings (SSSR count). The number of halogens is 1. The third-order valence-electron chi connectivity index (χ3n) is 3.88. The maximum atomic E-state index is 11.3. The third-order valence-corrected chi connectivity index (χ3v) is 4.12. The number of likely N-dealkylation sites (tertiary alicyclic amines) is 1. The Bertz CT molecular complexity index is 614. The molecule has 0 saturated carbocycles. The summed E-state index contributed by atoms with van der Waals surface area (Å²) >= 11 is 5.98. The van der Waals surface area contributed by atoms with Gasteiger partial charge in [0.15, 0.2) is 0 Å². The van der Waals surface area contributed by atoms with Crippen molar-refractivity contribution in [2.45, 2.75) is 25.7 Å². The molecule has 1 N–H and O–H groups in total. The van der Waals surface area contributed by atoms with Crippen molar-refractivity contribution in [3.8, 4) is 0 Å². The predicted octanol–water partition coefficient (Wildman–Crippen LogP) is 2.94. The first-order valence-corrected chi connectivity index (χ1v) is 6.92. The maximum Gasteiger partial charge on any atom is 0.219 e. The van der Waals surface area contributed by atoms with Crippen LogP contribution in [0.15, 0.2) is 18.2 Å². The number of benzene rings is 1. The van der Waals surface area contributed by atoms with Crippen molar-refractivity contribution in [3.63, 3.8) is 0 Å². The van der Waals surface area contributed by atoms with Crippen LogP contribution in [0.5, 0.6) is 0 Å². The van der Waals surface area contributed by atoms with Crippen molar-refractivity contribution in [3.05, 3.63) is 28.9 Å². The Kier molecular flexibility index (Phi) is 3.19. The van der Waals surface area contributed by atoms with Crippen LogP contribution in [-0.4, -0.2) is 34.1 Å². The van der Waals surface area contributed by atoms with Gasteiger partial charge in [0.25, 0.3) is 0 Å². The first kappa shape index (κ1) is 12.5. The van der Waals surface area contributed by atoms with Gasteiger partial charge in [-0.15, -0.1) is 0 Å². The number of amides is 1. The molecule has 1 aliphatic rings. The van der Waals surface area contributed by atoms with Gasteiger partial charge in [-0.1, -0.05) is 11.6 Å². The normalized spacial score (nSPS) is 17.1. The molecule has 2 aromatic rings. The smallest absolute Gasteiger partial charge is 0.219 e. The third kappa shape index (κ3) is 2.32. The zero-order valence-corrected chi connectivity index (χ0v) is 11.6. The lowest BCUT2D eigenvalue weighted by Gasteiger charge is -2.30. The zero-order valence-electron chi connectivity index (χ0n) is 10.8. The fraction of sp³-hybridized carbons (Fsp3) is 0.429. The van der Waals surface area contributed by atoms with E-state index in [0.717, 1.165) is 42.5 Å². The average Bonchev–Trinajstić information content (AvgIpc) is 2.81. The van der Waals surface area contributed by atoms with Gasteiger partial charge >= 0.3 is 0 Å². The minimum atomic E-state index is 0.164. The van der Waals surface area contributed by atoms with E-state index in [1.807, 2.05) is 23.1 Å². The monoisotopic (exact) mass is 277 g/mol. The summed E-state index contributed by atoms with van der Waals surface area (Å²) in [5, 5.41) is 9.35. The maximum absolute atomic E-state index is 11.3. The number of aromatic nitrogens is 2. The molecule has 4 nitrogen and oxygen atoms in total.